The van der Waals surface area contributed by atoms with Gasteiger partial charge in [-0.25, -0.2) is 5.84 Å². The molecular formula is C13H18N4O3. The maximum absolute atomic E-state index is 12.1. The predicted octanol–water partition coefficient (Wildman–Crippen LogP) is -0.923. The lowest BCUT2D eigenvalue weighted by Gasteiger charge is -2.31. The Morgan fingerprint density at radius 3 is 2.40 bits per heavy atom. The Balaban J connectivity index is 1.87. The Kier molecular flexibility index (Phi) is 4.52. The first-order valence-electron chi connectivity index (χ1n) is 6.54. The van der Waals surface area contributed by atoms with Gasteiger partial charge in [0.25, 0.3) is 0 Å². The van der Waals surface area contributed by atoms with Crippen molar-refractivity contribution in [1.29, 1.82) is 0 Å². The number of nitrogens with zero attached hydrogens (tertiary/aromatic N) is 2. The van der Waals surface area contributed by atoms with Gasteiger partial charge in [-0.1, -0.05) is 0 Å². The summed E-state index contributed by atoms with van der Waals surface area (Å²) in [6.45, 7) is 1.31. The number of carbonyl (C=O) groups is 2. The smallest absolute Gasteiger partial charge is 0.242 e. The number of nitrogens with two attached hydrogens (primary N) is 1. The molecule has 1 aromatic rings. The van der Waals surface area contributed by atoms with Crippen LogP contribution in [0.2, 0.25) is 0 Å². The Labute approximate surface area is 116 Å². The molecule has 1 aliphatic rings. The first-order chi connectivity index (χ1) is 9.60. The van der Waals surface area contributed by atoms with Crippen LogP contribution < -0.4 is 16.7 Å². The Bertz CT molecular complexity index is 526. The number of hydrogen-bond acceptors (Lipinski definition) is 4. The van der Waals surface area contributed by atoms with Crippen molar-refractivity contribution in [3.05, 3.63) is 34.7 Å². The minimum atomic E-state index is -0.169. The van der Waals surface area contributed by atoms with E-state index in [0.29, 0.717) is 25.9 Å². The molecule has 0 aromatic carbocycles. The van der Waals surface area contributed by atoms with Crippen molar-refractivity contribution >= 4 is 11.8 Å². The van der Waals surface area contributed by atoms with Gasteiger partial charge in [0.1, 0.15) is 6.54 Å². The first kappa shape index (κ1) is 14.3. The van der Waals surface area contributed by atoms with E-state index in [1.807, 2.05) is 0 Å². The summed E-state index contributed by atoms with van der Waals surface area (Å²) in [4.78, 5) is 36.2. The predicted molar refractivity (Wildman–Crippen MR) is 72.3 cm³/mol. The average molecular weight is 278 g/mol. The number of pyridine rings is 1. The Morgan fingerprint density at radius 1 is 1.25 bits per heavy atom. The average Bonchev–Trinajstić information content (AvgIpc) is 2.49. The number of hydrazine groups is 1. The topological polar surface area (TPSA) is 97.4 Å². The number of rotatable bonds is 3. The molecule has 0 aliphatic carbocycles. The van der Waals surface area contributed by atoms with Crippen molar-refractivity contribution in [2.45, 2.75) is 19.4 Å². The minimum Gasteiger partial charge on any atom is -0.345 e. The molecule has 0 bridgehead atoms. The quantitative estimate of drug-likeness (QED) is 0.424. The number of nitrogens with one attached hydrogen (secondary N) is 1. The van der Waals surface area contributed by atoms with Crippen molar-refractivity contribution in [3.63, 3.8) is 0 Å². The van der Waals surface area contributed by atoms with Gasteiger partial charge >= 0.3 is 0 Å². The monoisotopic (exact) mass is 278 g/mol. The molecule has 7 nitrogen and oxygen atoms in total. The van der Waals surface area contributed by atoms with Gasteiger partial charge in [0, 0.05) is 43.5 Å². The summed E-state index contributed by atoms with van der Waals surface area (Å²) in [6.07, 6.45) is 4.43. The minimum absolute atomic E-state index is 0.0137. The summed E-state index contributed by atoms with van der Waals surface area (Å²) in [5.74, 6) is 4.81. The zero-order valence-corrected chi connectivity index (χ0v) is 11.1. The maximum atomic E-state index is 12.1. The van der Waals surface area contributed by atoms with Crippen molar-refractivity contribution in [2.24, 2.45) is 11.8 Å². The van der Waals surface area contributed by atoms with Crippen LogP contribution in [0.25, 0.3) is 0 Å². The lowest BCUT2D eigenvalue weighted by molar-refractivity contribution is -0.136. The highest BCUT2D eigenvalue weighted by Gasteiger charge is 2.26. The molecule has 0 saturated carbocycles. The van der Waals surface area contributed by atoms with Crippen molar-refractivity contribution in [2.75, 3.05) is 13.1 Å². The van der Waals surface area contributed by atoms with E-state index >= 15 is 0 Å². The van der Waals surface area contributed by atoms with Gasteiger partial charge in [-0.2, -0.15) is 0 Å². The highest BCUT2D eigenvalue weighted by molar-refractivity contribution is 5.79. The fourth-order valence-electron chi connectivity index (χ4n) is 2.31. The zero-order valence-electron chi connectivity index (χ0n) is 11.1. The van der Waals surface area contributed by atoms with E-state index in [1.165, 1.54) is 12.1 Å². The molecule has 1 fully saturated rings. The van der Waals surface area contributed by atoms with Crippen LogP contribution in [0.1, 0.15) is 12.8 Å². The van der Waals surface area contributed by atoms with Gasteiger partial charge in [-0.05, 0) is 12.8 Å². The van der Waals surface area contributed by atoms with Gasteiger partial charge in [0.15, 0.2) is 5.43 Å². The summed E-state index contributed by atoms with van der Waals surface area (Å²) in [5.41, 5.74) is 2.07. The van der Waals surface area contributed by atoms with Crippen molar-refractivity contribution in [3.8, 4) is 0 Å². The number of carbonyl (C=O) groups excluding carboxylic acids is 2. The number of hydrogen-bond donors (Lipinski definition) is 2. The van der Waals surface area contributed by atoms with E-state index in [0.717, 1.165) is 0 Å². The number of aromatic nitrogens is 1. The van der Waals surface area contributed by atoms with Crippen molar-refractivity contribution < 1.29 is 9.59 Å². The number of amides is 2. The molecule has 7 heteroatoms. The molecule has 2 rings (SSSR count). The van der Waals surface area contributed by atoms with E-state index in [1.54, 1.807) is 21.9 Å². The molecule has 0 unspecified atom stereocenters. The molecule has 1 saturated heterocycles. The lowest BCUT2D eigenvalue weighted by atomic mass is 9.96. The molecule has 108 valence electrons. The van der Waals surface area contributed by atoms with Gasteiger partial charge in [0.05, 0.1) is 0 Å². The normalized spacial score (nSPS) is 15.9. The third kappa shape index (κ3) is 3.45. The number of likely N-dealkylation sites (tertiary alicyclic amines) is 1. The summed E-state index contributed by atoms with van der Waals surface area (Å²) in [6, 6.07) is 2.84. The summed E-state index contributed by atoms with van der Waals surface area (Å²) in [5, 5.41) is 0. The van der Waals surface area contributed by atoms with Crippen LogP contribution >= 0.6 is 0 Å². The molecular weight excluding hydrogens is 260 g/mol. The van der Waals surface area contributed by atoms with Crippen LogP contribution in [0.5, 0.6) is 0 Å². The highest BCUT2D eigenvalue weighted by atomic mass is 16.2. The van der Waals surface area contributed by atoms with Crippen LogP contribution in [0.4, 0.5) is 0 Å². The fourth-order valence-corrected chi connectivity index (χ4v) is 2.31. The number of piperidine rings is 1. The molecule has 2 heterocycles. The maximum Gasteiger partial charge on any atom is 0.242 e. The zero-order chi connectivity index (χ0) is 14.5. The van der Waals surface area contributed by atoms with Gasteiger partial charge in [-0.15, -0.1) is 0 Å². The molecule has 0 radical (unpaired) electrons. The molecule has 0 spiro atoms. The lowest BCUT2D eigenvalue weighted by Crippen LogP contribution is -2.45. The van der Waals surface area contributed by atoms with E-state index in [4.69, 9.17) is 5.84 Å². The first-order valence-corrected chi connectivity index (χ1v) is 6.54. The standard InChI is InChI=1S/C13H18N4O3/c14-15-13(20)10-1-7-17(8-2-10)12(19)9-16-5-3-11(18)4-6-16/h3-6,10H,1-2,7-9,14H2,(H,15,20). The molecule has 1 aromatic heterocycles. The van der Waals surface area contributed by atoms with Crippen LogP contribution in [-0.2, 0) is 16.1 Å². The molecule has 3 N–H and O–H groups in total. The van der Waals surface area contributed by atoms with E-state index in [-0.39, 0.29) is 29.7 Å². The summed E-state index contributed by atoms with van der Waals surface area (Å²) in [7, 11) is 0. The summed E-state index contributed by atoms with van der Waals surface area (Å²) < 4.78 is 1.67. The molecule has 20 heavy (non-hydrogen) atoms. The Hall–Kier alpha value is -2.15. The SMILES string of the molecule is NNC(=O)C1CCN(C(=O)Cn2ccc(=O)cc2)CC1. The Morgan fingerprint density at radius 2 is 1.85 bits per heavy atom. The van der Waals surface area contributed by atoms with Crippen LogP contribution in [0, 0.1) is 5.92 Å². The second-order valence-electron chi connectivity index (χ2n) is 4.87. The second-order valence-corrected chi connectivity index (χ2v) is 4.87. The highest BCUT2D eigenvalue weighted by Crippen LogP contribution is 2.17. The van der Waals surface area contributed by atoms with Gasteiger partial charge in [-0.3, -0.25) is 19.8 Å². The second kappa shape index (κ2) is 6.33. The van der Waals surface area contributed by atoms with E-state index in [9.17, 15) is 14.4 Å². The van der Waals surface area contributed by atoms with Gasteiger partial charge < -0.3 is 9.47 Å². The van der Waals surface area contributed by atoms with Crippen LogP contribution in [0.3, 0.4) is 0 Å². The van der Waals surface area contributed by atoms with E-state index in [2.05, 4.69) is 5.43 Å². The van der Waals surface area contributed by atoms with E-state index < -0.39 is 0 Å². The summed E-state index contributed by atoms with van der Waals surface area (Å²) >= 11 is 0. The molecule has 2 amide bonds. The fraction of sp³-hybridized carbons (Fsp3) is 0.462. The largest absolute Gasteiger partial charge is 0.345 e. The molecule has 0 atom stereocenters. The third-order valence-corrected chi connectivity index (χ3v) is 3.54. The van der Waals surface area contributed by atoms with Crippen LogP contribution in [0.15, 0.2) is 29.3 Å². The molecule has 1 aliphatic heterocycles. The van der Waals surface area contributed by atoms with Crippen LogP contribution in [-0.4, -0.2) is 34.4 Å². The van der Waals surface area contributed by atoms with Gasteiger partial charge in [0.2, 0.25) is 11.8 Å². The van der Waals surface area contributed by atoms with Crippen molar-refractivity contribution in [1.82, 2.24) is 14.9 Å². The third-order valence-electron chi connectivity index (χ3n) is 3.54.